The molecule has 1 aliphatic rings. The van der Waals surface area contributed by atoms with Crippen LogP contribution in [0.1, 0.15) is 58.5 Å². The minimum Gasteiger partial charge on any atom is -0.289 e. The summed E-state index contributed by atoms with van der Waals surface area (Å²) in [5.74, 6) is -1.93. The summed E-state index contributed by atoms with van der Waals surface area (Å²) in [6.07, 6.45) is -0.680. The van der Waals surface area contributed by atoms with Gasteiger partial charge in [0.1, 0.15) is 10.7 Å². The Hall–Kier alpha value is -2.58. The van der Waals surface area contributed by atoms with Crippen molar-refractivity contribution < 1.29 is 52.4 Å². The number of carbonyl (C=O) groups excluding carboxylic acids is 2. The number of benzene rings is 2. The van der Waals surface area contributed by atoms with Crippen LogP contribution in [0.4, 0.5) is 0 Å². The Morgan fingerprint density at radius 3 is 1.71 bits per heavy atom. The van der Waals surface area contributed by atoms with Gasteiger partial charge in [0.2, 0.25) is 20.0 Å². The summed E-state index contributed by atoms with van der Waals surface area (Å²) < 4.78 is 119. The van der Waals surface area contributed by atoms with Crippen molar-refractivity contribution >= 4 is 51.8 Å². The van der Waals surface area contributed by atoms with Gasteiger partial charge in [-0.15, -0.1) is 0 Å². The van der Waals surface area contributed by atoms with E-state index in [4.69, 9.17) is 0 Å². The monoisotopic (exact) mass is 610 g/mol. The van der Waals surface area contributed by atoms with Crippen molar-refractivity contribution in [3.05, 3.63) is 58.7 Å². The Morgan fingerprint density at radius 1 is 0.684 bits per heavy atom. The number of fused-ring (bicyclic) bond motifs is 2. The molecule has 2 aromatic rings. The molecule has 1 aliphatic carbocycles. The van der Waals surface area contributed by atoms with Crippen molar-refractivity contribution in [3.8, 4) is 0 Å². The van der Waals surface area contributed by atoms with E-state index in [0.29, 0.717) is 0 Å². The van der Waals surface area contributed by atoms with Gasteiger partial charge in [0, 0.05) is 16.7 Å². The third kappa shape index (κ3) is 5.71. The number of nitrogens with one attached hydrogen (secondary N) is 2. The van der Waals surface area contributed by atoms with Gasteiger partial charge < -0.3 is 0 Å². The second kappa shape index (κ2) is 10.2. The van der Waals surface area contributed by atoms with E-state index in [1.807, 2.05) is 0 Å². The van der Waals surface area contributed by atoms with Crippen LogP contribution in [-0.2, 0) is 40.3 Å². The fraction of sp³-hybridized carbons (Fsp3) is 0.300. The molecule has 0 aliphatic heterocycles. The van der Waals surface area contributed by atoms with E-state index in [9.17, 15) is 52.4 Å². The number of carbonyl (C=O) groups is 2. The first-order chi connectivity index (χ1) is 17.3. The molecule has 0 aromatic heterocycles. The average Bonchev–Trinajstić information content (AvgIpc) is 2.82. The number of sulfonamides is 2. The first kappa shape index (κ1) is 30.0. The molecule has 2 atom stereocenters. The van der Waals surface area contributed by atoms with E-state index in [1.54, 1.807) is 9.44 Å². The van der Waals surface area contributed by atoms with Gasteiger partial charge in [-0.05, 0) is 37.1 Å². The Balaban J connectivity index is 2.11. The number of rotatable bonds is 10. The molecule has 0 fully saturated rings. The number of hydrogen-bond donors (Lipinski definition) is 4. The molecule has 0 saturated carbocycles. The van der Waals surface area contributed by atoms with Crippen LogP contribution in [-0.4, -0.2) is 65.1 Å². The molecule has 2 unspecified atom stereocenters. The van der Waals surface area contributed by atoms with Crippen LogP contribution in [0.5, 0.6) is 0 Å². The van der Waals surface area contributed by atoms with Gasteiger partial charge in [0.25, 0.3) is 20.2 Å². The van der Waals surface area contributed by atoms with Crippen molar-refractivity contribution in [1.29, 1.82) is 0 Å². The standard InChI is InChI=1S/C20H22N2O12S4/c1-3-16(37(29,30)31)21-35(25,26)11-8-9-12-14(10-11)19(23)13-6-5-7-15(18(13)20(12)24)36(27,28)22-17(4-2)38(32,33)34/h5-10,16-17,21-22H,3-4H2,1-2H3,(H,29,30,31)(H,32,33,34). The number of hydrogen-bond acceptors (Lipinski definition) is 10. The summed E-state index contributed by atoms with van der Waals surface area (Å²) in [6.45, 7) is 2.58. The second-order valence-electron chi connectivity index (χ2n) is 8.11. The molecule has 0 saturated heterocycles. The first-order valence-corrected chi connectivity index (χ1v) is 16.7. The van der Waals surface area contributed by atoms with Gasteiger partial charge in [0.15, 0.2) is 11.6 Å². The zero-order valence-corrected chi connectivity index (χ0v) is 22.9. The Labute approximate surface area is 219 Å². The molecule has 18 heteroatoms. The highest BCUT2D eigenvalue weighted by atomic mass is 32.2. The van der Waals surface area contributed by atoms with Crippen LogP contribution in [0, 0.1) is 0 Å². The molecule has 4 N–H and O–H groups in total. The molecule has 38 heavy (non-hydrogen) atoms. The van der Waals surface area contributed by atoms with Crippen LogP contribution in [0.25, 0.3) is 0 Å². The molecule has 0 radical (unpaired) electrons. The Kier molecular flexibility index (Phi) is 8.04. The van der Waals surface area contributed by atoms with Crippen molar-refractivity contribution in [2.24, 2.45) is 0 Å². The maximum absolute atomic E-state index is 13.3. The predicted molar refractivity (Wildman–Crippen MR) is 132 cm³/mol. The summed E-state index contributed by atoms with van der Waals surface area (Å²) in [7, 11) is -19.0. The fourth-order valence-electron chi connectivity index (χ4n) is 3.72. The largest absolute Gasteiger partial charge is 0.289 e. The average molecular weight is 611 g/mol. The lowest BCUT2D eigenvalue weighted by Crippen LogP contribution is -2.41. The molecule has 0 heterocycles. The fourth-order valence-corrected chi connectivity index (χ4v) is 8.83. The van der Waals surface area contributed by atoms with Crippen LogP contribution in [0.3, 0.4) is 0 Å². The maximum Gasteiger partial charge on any atom is 0.282 e. The van der Waals surface area contributed by atoms with E-state index >= 15 is 0 Å². The molecule has 208 valence electrons. The van der Waals surface area contributed by atoms with Gasteiger partial charge >= 0.3 is 0 Å². The van der Waals surface area contributed by atoms with Crippen LogP contribution < -0.4 is 9.44 Å². The van der Waals surface area contributed by atoms with Crippen molar-refractivity contribution in [3.63, 3.8) is 0 Å². The Bertz CT molecular complexity index is 1760. The molecule has 0 spiro atoms. The van der Waals surface area contributed by atoms with Crippen LogP contribution in [0.15, 0.2) is 46.2 Å². The highest BCUT2D eigenvalue weighted by Crippen LogP contribution is 2.33. The SMILES string of the molecule is CCC(NS(=O)(=O)c1ccc2c(c1)C(=O)c1cccc(S(=O)(=O)NC(CC)S(=O)(=O)O)c1C2=O)S(=O)(=O)O. The minimum atomic E-state index is -4.85. The van der Waals surface area contributed by atoms with E-state index in [2.05, 4.69) is 0 Å². The van der Waals surface area contributed by atoms with E-state index in [0.717, 1.165) is 36.4 Å². The van der Waals surface area contributed by atoms with Crippen LogP contribution >= 0.6 is 0 Å². The third-order valence-electron chi connectivity index (χ3n) is 5.61. The summed E-state index contributed by atoms with van der Waals surface area (Å²) >= 11 is 0. The predicted octanol–water partition coefficient (Wildman–Crippen LogP) is 0.266. The lowest BCUT2D eigenvalue weighted by Gasteiger charge is -2.22. The van der Waals surface area contributed by atoms with Crippen LogP contribution in [0.2, 0.25) is 0 Å². The first-order valence-electron chi connectivity index (χ1n) is 10.7. The van der Waals surface area contributed by atoms with Crippen molar-refractivity contribution in [2.45, 2.75) is 47.2 Å². The summed E-state index contributed by atoms with van der Waals surface area (Å²) in [4.78, 5) is 25.2. The molecular weight excluding hydrogens is 588 g/mol. The highest BCUT2D eigenvalue weighted by Gasteiger charge is 2.38. The normalized spacial score (nSPS) is 16.0. The lowest BCUT2D eigenvalue weighted by molar-refractivity contribution is 0.0976. The van der Waals surface area contributed by atoms with Crippen molar-refractivity contribution in [1.82, 2.24) is 9.44 Å². The molecule has 14 nitrogen and oxygen atoms in total. The Morgan fingerprint density at radius 2 is 1.21 bits per heavy atom. The van der Waals surface area contributed by atoms with E-state index in [-0.39, 0.29) is 18.4 Å². The highest BCUT2D eigenvalue weighted by molar-refractivity contribution is 7.92. The summed E-state index contributed by atoms with van der Waals surface area (Å²) in [5, 5.41) is -3.81. The van der Waals surface area contributed by atoms with Gasteiger partial charge in [-0.1, -0.05) is 26.0 Å². The van der Waals surface area contributed by atoms with E-state index < -0.39 is 89.1 Å². The lowest BCUT2D eigenvalue weighted by atomic mass is 9.84. The van der Waals surface area contributed by atoms with Gasteiger partial charge in [0.05, 0.1) is 15.4 Å². The topological polar surface area (TPSA) is 235 Å². The molecule has 2 aromatic carbocycles. The molecule has 0 bridgehead atoms. The van der Waals surface area contributed by atoms with Gasteiger partial charge in [-0.2, -0.15) is 26.3 Å². The number of ketones is 2. The summed E-state index contributed by atoms with van der Waals surface area (Å²) in [6, 6.07) is 5.81. The minimum absolute atomic E-state index is 0.324. The maximum atomic E-state index is 13.3. The van der Waals surface area contributed by atoms with Gasteiger partial charge in [-0.3, -0.25) is 18.7 Å². The van der Waals surface area contributed by atoms with Crippen molar-refractivity contribution in [2.75, 3.05) is 0 Å². The zero-order valence-electron chi connectivity index (χ0n) is 19.6. The smallest absolute Gasteiger partial charge is 0.282 e. The zero-order chi connectivity index (χ0) is 28.8. The third-order valence-corrected chi connectivity index (χ3v) is 11.2. The summed E-state index contributed by atoms with van der Waals surface area (Å²) in [5.41, 5.74) is -1.80. The van der Waals surface area contributed by atoms with E-state index in [1.165, 1.54) is 13.8 Å². The van der Waals surface area contributed by atoms with Gasteiger partial charge in [-0.25, -0.2) is 16.8 Å². The second-order valence-corrected chi connectivity index (χ2v) is 14.7. The molecule has 3 rings (SSSR count). The molecular formula is C20H22N2O12S4. The molecule has 0 amide bonds. The quantitative estimate of drug-likeness (QED) is 0.226.